The maximum Gasteiger partial charge on any atom is 0.387 e. The summed E-state index contributed by atoms with van der Waals surface area (Å²) in [6.07, 6.45) is 0.340. The lowest BCUT2D eigenvalue weighted by molar-refractivity contribution is -0.0507. The Morgan fingerprint density at radius 3 is 2.38 bits per heavy atom. The van der Waals surface area contributed by atoms with E-state index in [1.54, 1.807) is 43.4 Å². The van der Waals surface area contributed by atoms with Gasteiger partial charge in [0.15, 0.2) is 0 Å². The lowest BCUT2D eigenvalue weighted by Crippen LogP contribution is -2.20. The molecule has 0 heterocycles. The number of nitrogens with one attached hydrogen (secondary N) is 1. The number of rotatable bonds is 6. The average molecular weight is 295 g/mol. The molecule has 112 valence electrons. The molecule has 0 radical (unpaired) electrons. The number of hydrogen-bond donors (Lipinski definition) is 1. The zero-order valence-corrected chi connectivity index (χ0v) is 11.5. The highest BCUT2D eigenvalue weighted by atomic mass is 19.3. The number of ether oxygens (including phenoxy) is 1. The average Bonchev–Trinajstić information content (AvgIpc) is 2.47. The third-order valence-electron chi connectivity index (χ3n) is 3.24. The van der Waals surface area contributed by atoms with Crippen molar-refractivity contribution in [3.63, 3.8) is 0 Å². The van der Waals surface area contributed by atoms with E-state index in [-0.39, 0.29) is 17.6 Å². The van der Waals surface area contributed by atoms with Gasteiger partial charge in [0.2, 0.25) is 0 Å². The second-order valence-electron chi connectivity index (χ2n) is 4.55. The van der Waals surface area contributed by atoms with Crippen molar-refractivity contribution in [2.24, 2.45) is 0 Å². The first-order chi connectivity index (χ1) is 10.1. The fraction of sp³-hybridized carbons (Fsp3) is 0.250. The van der Waals surface area contributed by atoms with Crippen LogP contribution in [0.4, 0.5) is 13.2 Å². The molecular formula is C16H16F3NO. The lowest BCUT2D eigenvalue weighted by atomic mass is 9.98. The van der Waals surface area contributed by atoms with Gasteiger partial charge in [-0.25, -0.2) is 4.39 Å². The second kappa shape index (κ2) is 7.13. The summed E-state index contributed by atoms with van der Waals surface area (Å²) in [4.78, 5) is 0. The Bertz CT molecular complexity index is 589. The number of para-hydroxylation sites is 1. The molecule has 21 heavy (non-hydrogen) atoms. The Labute approximate surface area is 121 Å². The normalized spacial score (nSPS) is 12.4. The number of benzene rings is 2. The lowest BCUT2D eigenvalue weighted by Gasteiger charge is -2.20. The van der Waals surface area contributed by atoms with Gasteiger partial charge in [-0.3, -0.25) is 0 Å². The topological polar surface area (TPSA) is 21.3 Å². The molecule has 0 bridgehead atoms. The number of alkyl halides is 2. The van der Waals surface area contributed by atoms with Crippen molar-refractivity contribution in [3.05, 3.63) is 65.5 Å². The molecule has 2 rings (SSSR count). The van der Waals surface area contributed by atoms with Crippen LogP contribution < -0.4 is 10.1 Å². The van der Waals surface area contributed by atoms with E-state index in [4.69, 9.17) is 0 Å². The standard InChI is InChI=1S/C16H16F3NO/c1-20-14(10-11-6-2-4-8-13(11)17)12-7-3-5-9-15(12)21-16(18)19/h2-9,14,16,20H,10H2,1H3. The summed E-state index contributed by atoms with van der Waals surface area (Å²) in [5.41, 5.74) is 1.09. The molecule has 0 amide bonds. The zero-order chi connectivity index (χ0) is 15.2. The summed E-state index contributed by atoms with van der Waals surface area (Å²) >= 11 is 0. The van der Waals surface area contributed by atoms with Crippen LogP contribution in [0, 0.1) is 5.82 Å². The maximum atomic E-state index is 13.7. The van der Waals surface area contributed by atoms with Gasteiger partial charge in [-0.05, 0) is 31.2 Å². The molecule has 0 spiro atoms. The largest absolute Gasteiger partial charge is 0.434 e. The third kappa shape index (κ3) is 3.98. The van der Waals surface area contributed by atoms with Gasteiger partial charge in [0.25, 0.3) is 0 Å². The number of likely N-dealkylation sites (N-methyl/N-ethyl adjacent to an activating group) is 1. The highest BCUT2D eigenvalue weighted by Gasteiger charge is 2.18. The molecule has 0 aliphatic carbocycles. The third-order valence-corrected chi connectivity index (χ3v) is 3.24. The minimum atomic E-state index is -2.89. The van der Waals surface area contributed by atoms with Crippen LogP contribution in [0.5, 0.6) is 5.75 Å². The van der Waals surface area contributed by atoms with Crippen molar-refractivity contribution in [3.8, 4) is 5.75 Å². The van der Waals surface area contributed by atoms with Gasteiger partial charge < -0.3 is 10.1 Å². The van der Waals surface area contributed by atoms with Gasteiger partial charge in [-0.15, -0.1) is 0 Å². The summed E-state index contributed by atoms with van der Waals surface area (Å²) in [6.45, 7) is -2.89. The molecule has 2 aromatic rings. The van der Waals surface area contributed by atoms with Gasteiger partial charge >= 0.3 is 6.61 Å². The summed E-state index contributed by atoms with van der Waals surface area (Å²) in [5, 5.41) is 3.02. The first-order valence-electron chi connectivity index (χ1n) is 6.56. The van der Waals surface area contributed by atoms with E-state index >= 15 is 0 Å². The molecular weight excluding hydrogens is 279 g/mol. The molecule has 0 fully saturated rings. The fourth-order valence-electron chi connectivity index (χ4n) is 2.22. The van der Waals surface area contributed by atoms with Gasteiger partial charge in [-0.2, -0.15) is 8.78 Å². The summed E-state index contributed by atoms with van der Waals surface area (Å²) in [6, 6.07) is 12.6. The van der Waals surface area contributed by atoms with Crippen LogP contribution in [-0.2, 0) is 6.42 Å². The summed E-state index contributed by atoms with van der Waals surface area (Å²) in [5.74, 6) is -0.215. The SMILES string of the molecule is CNC(Cc1ccccc1F)c1ccccc1OC(F)F. The predicted molar refractivity (Wildman–Crippen MR) is 75.0 cm³/mol. The Morgan fingerprint density at radius 2 is 1.71 bits per heavy atom. The van der Waals surface area contributed by atoms with Crippen LogP contribution >= 0.6 is 0 Å². The molecule has 0 saturated heterocycles. The molecule has 2 nitrogen and oxygen atoms in total. The Kier molecular flexibility index (Phi) is 5.22. The molecule has 0 aliphatic rings. The van der Waals surface area contributed by atoms with Gasteiger partial charge in [0, 0.05) is 11.6 Å². The van der Waals surface area contributed by atoms with E-state index in [1.165, 1.54) is 12.1 Å². The summed E-state index contributed by atoms with van der Waals surface area (Å²) < 4.78 is 43.2. The Morgan fingerprint density at radius 1 is 1.05 bits per heavy atom. The fourth-order valence-corrected chi connectivity index (χ4v) is 2.22. The minimum absolute atomic E-state index is 0.100. The highest BCUT2D eigenvalue weighted by Crippen LogP contribution is 2.29. The first-order valence-corrected chi connectivity index (χ1v) is 6.56. The van der Waals surface area contributed by atoms with Crippen LogP contribution in [0.1, 0.15) is 17.2 Å². The van der Waals surface area contributed by atoms with Crippen molar-refractivity contribution in [2.45, 2.75) is 19.1 Å². The number of halogens is 3. The van der Waals surface area contributed by atoms with Crippen molar-refractivity contribution in [2.75, 3.05) is 7.05 Å². The molecule has 1 atom stereocenters. The van der Waals surface area contributed by atoms with Crippen LogP contribution in [0.3, 0.4) is 0 Å². The van der Waals surface area contributed by atoms with Crippen LogP contribution in [-0.4, -0.2) is 13.7 Å². The van der Waals surface area contributed by atoms with Gasteiger partial charge in [0.1, 0.15) is 11.6 Å². The zero-order valence-electron chi connectivity index (χ0n) is 11.5. The van der Waals surface area contributed by atoms with E-state index in [9.17, 15) is 13.2 Å². The minimum Gasteiger partial charge on any atom is -0.434 e. The Balaban J connectivity index is 2.27. The number of hydrogen-bond acceptors (Lipinski definition) is 2. The maximum absolute atomic E-state index is 13.7. The van der Waals surface area contributed by atoms with Crippen molar-refractivity contribution < 1.29 is 17.9 Å². The van der Waals surface area contributed by atoms with E-state index in [2.05, 4.69) is 10.1 Å². The predicted octanol–water partition coefficient (Wildman–Crippen LogP) is 3.93. The molecule has 1 unspecified atom stereocenters. The van der Waals surface area contributed by atoms with Crippen LogP contribution in [0.15, 0.2) is 48.5 Å². The molecule has 5 heteroatoms. The van der Waals surface area contributed by atoms with Crippen molar-refractivity contribution >= 4 is 0 Å². The second-order valence-corrected chi connectivity index (χ2v) is 4.55. The quantitative estimate of drug-likeness (QED) is 0.872. The van der Waals surface area contributed by atoms with Crippen molar-refractivity contribution in [1.82, 2.24) is 5.32 Å². The van der Waals surface area contributed by atoms with Gasteiger partial charge in [-0.1, -0.05) is 36.4 Å². The smallest absolute Gasteiger partial charge is 0.387 e. The molecule has 0 saturated carbocycles. The molecule has 0 aliphatic heterocycles. The molecule has 2 aromatic carbocycles. The Hall–Kier alpha value is -2.01. The monoisotopic (exact) mass is 295 g/mol. The summed E-state index contributed by atoms with van der Waals surface area (Å²) in [7, 11) is 1.70. The highest BCUT2D eigenvalue weighted by molar-refractivity contribution is 5.37. The van der Waals surface area contributed by atoms with Crippen LogP contribution in [0.25, 0.3) is 0 Å². The van der Waals surface area contributed by atoms with E-state index in [0.717, 1.165) is 0 Å². The first kappa shape index (κ1) is 15.4. The van der Waals surface area contributed by atoms with Crippen LogP contribution in [0.2, 0.25) is 0 Å². The van der Waals surface area contributed by atoms with Crippen molar-refractivity contribution in [1.29, 1.82) is 0 Å². The van der Waals surface area contributed by atoms with E-state index in [0.29, 0.717) is 17.5 Å². The van der Waals surface area contributed by atoms with E-state index in [1.807, 2.05) is 0 Å². The van der Waals surface area contributed by atoms with Gasteiger partial charge in [0.05, 0.1) is 0 Å². The molecule has 0 aromatic heterocycles. The molecule has 1 N–H and O–H groups in total. The van der Waals surface area contributed by atoms with E-state index < -0.39 is 6.61 Å².